The van der Waals surface area contributed by atoms with Crippen molar-refractivity contribution in [2.75, 3.05) is 6.54 Å². The zero-order valence-corrected chi connectivity index (χ0v) is 13.0. The summed E-state index contributed by atoms with van der Waals surface area (Å²) >= 11 is 0. The largest absolute Gasteiger partial charge is 0.392 e. The molecule has 0 aromatic heterocycles. The molecule has 1 aliphatic heterocycles. The van der Waals surface area contributed by atoms with Gasteiger partial charge in [0.25, 0.3) is 0 Å². The van der Waals surface area contributed by atoms with Gasteiger partial charge in [0, 0.05) is 17.9 Å². The Morgan fingerprint density at radius 1 is 1.30 bits per heavy atom. The Balaban J connectivity index is 1.85. The topological polar surface area (TPSA) is 58.6 Å². The van der Waals surface area contributed by atoms with E-state index in [0.717, 1.165) is 38.5 Å². The monoisotopic (exact) mass is 283 g/mol. The second-order valence-electron chi connectivity index (χ2n) is 7.06. The van der Waals surface area contributed by atoms with Crippen LogP contribution in [-0.4, -0.2) is 35.9 Å². The molecule has 1 aliphatic carbocycles. The van der Waals surface area contributed by atoms with Gasteiger partial charge in [0.05, 0.1) is 18.3 Å². The first-order chi connectivity index (χ1) is 9.40. The summed E-state index contributed by atoms with van der Waals surface area (Å²) in [6.07, 6.45) is 5.73. The molecule has 2 rings (SSSR count). The van der Waals surface area contributed by atoms with Crippen LogP contribution in [0.2, 0.25) is 0 Å². The van der Waals surface area contributed by atoms with Crippen molar-refractivity contribution < 1.29 is 14.6 Å². The lowest BCUT2D eigenvalue weighted by Gasteiger charge is -2.39. The van der Waals surface area contributed by atoms with Gasteiger partial charge in [0.1, 0.15) is 0 Å². The van der Waals surface area contributed by atoms with Gasteiger partial charge in [0.2, 0.25) is 5.91 Å². The van der Waals surface area contributed by atoms with E-state index in [1.807, 2.05) is 13.8 Å². The molecule has 0 aromatic rings. The van der Waals surface area contributed by atoms with E-state index >= 15 is 0 Å². The molecule has 4 atom stereocenters. The fourth-order valence-electron chi connectivity index (χ4n) is 3.64. The molecular weight excluding hydrogens is 254 g/mol. The van der Waals surface area contributed by atoms with Gasteiger partial charge in [-0.15, -0.1) is 0 Å². The molecule has 0 spiro atoms. The highest BCUT2D eigenvalue weighted by Crippen LogP contribution is 2.35. The number of hydrogen-bond acceptors (Lipinski definition) is 3. The molecule has 20 heavy (non-hydrogen) atoms. The van der Waals surface area contributed by atoms with E-state index in [-0.39, 0.29) is 35.6 Å². The molecule has 2 aliphatic rings. The van der Waals surface area contributed by atoms with Crippen molar-refractivity contribution >= 4 is 5.91 Å². The first-order valence-electron chi connectivity index (χ1n) is 8.02. The molecule has 0 radical (unpaired) electrons. The normalized spacial score (nSPS) is 42.2. The highest BCUT2D eigenvalue weighted by atomic mass is 16.5. The van der Waals surface area contributed by atoms with Crippen LogP contribution >= 0.6 is 0 Å². The van der Waals surface area contributed by atoms with Crippen LogP contribution in [0.25, 0.3) is 0 Å². The summed E-state index contributed by atoms with van der Waals surface area (Å²) < 4.78 is 5.68. The number of hydrogen-bond donors (Lipinski definition) is 2. The summed E-state index contributed by atoms with van der Waals surface area (Å²) in [6, 6.07) is 0. The molecular formula is C16H29NO3. The quantitative estimate of drug-likeness (QED) is 0.835. The van der Waals surface area contributed by atoms with Gasteiger partial charge in [-0.3, -0.25) is 4.79 Å². The van der Waals surface area contributed by atoms with E-state index in [9.17, 15) is 9.90 Å². The minimum atomic E-state index is -0.288. The van der Waals surface area contributed by atoms with Crippen molar-refractivity contribution in [3.63, 3.8) is 0 Å². The molecule has 2 fully saturated rings. The summed E-state index contributed by atoms with van der Waals surface area (Å²) in [6.45, 7) is 6.74. The van der Waals surface area contributed by atoms with Crippen LogP contribution in [0.5, 0.6) is 0 Å². The predicted octanol–water partition coefficient (Wildman–Crippen LogP) is 2.25. The number of aliphatic hydroxyl groups excluding tert-OH is 1. The van der Waals surface area contributed by atoms with E-state index in [4.69, 9.17) is 4.74 Å². The van der Waals surface area contributed by atoms with E-state index < -0.39 is 0 Å². The standard InChI is InChI=1S/C16H29NO3/c1-11-8-13(9-12(2)20-11)15(19)17-10-16(3)7-5-4-6-14(16)18/h11-14,18H,4-10H2,1-3H3,(H,17,19). The summed E-state index contributed by atoms with van der Waals surface area (Å²) in [5.41, 5.74) is -0.156. The summed E-state index contributed by atoms with van der Waals surface area (Å²) in [4.78, 5) is 12.3. The highest BCUT2D eigenvalue weighted by Gasteiger charge is 2.37. The number of nitrogens with one attached hydrogen (secondary N) is 1. The Bertz CT molecular complexity index is 337. The molecule has 116 valence electrons. The minimum absolute atomic E-state index is 0.0538. The molecule has 0 aromatic carbocycles. The van der Waals surface area contributed by atoms with Gasteiger partial charge in [0.15, 0.2) is 0 Å². The number of carbonyl (C=O) groups is 1. The third kappa shape index (κ3) is 3.73. The van der Waals surface area contributed by atoms with Crippen molar-refractivity contribution in [3.05, 3.63) is 0 Å². The maximum absolute atomic E-state index is 12.3. The molecule has 0 bridgehead atoms. The van der Waals surface area contributed by atoms with Gasteiger partial charge in [-0.25, -0.2) is 0 Å². The Morgan fingerprint density at radius 2 is 1.95 bits per heavy atom. The van der Waals surface area contributed by atoms with E-state index in [1.165, 1.54) is 0 Å². The molecule has 1 saturated heterocycles. The van der Waals surface area contributed by atoms with Gasteiger partial charge < -0.3 is 15.2 Å². The Labute approximate surface area is 122 Å². The first-order valence-corrected chi connectivity index (χ1v) is 8.02. The number of amides is 1. The number of carbonyl (C=O) groups excluding carboxylic acids is 1. The lowest BCUT2D eigenvalue weighted by Crippen LogP contribution is -2.47. The van der Waals surface area contributed by atoms with E-state index in [0.29, 0.717) is 6.54 Å². The van der Waals surface area contributed by atoms with Crippen LogP contribution in [0, 0.1) is 11.3 Å². The van der Waals surface area contributed by atoms with Gasteiger partial charge in [-0.05, 0) is 39.5 Å². The zero-order chi connectivity index (χ0) is 14.8. The van der Waals surface area contributed by atoms with Crippen molar-refractivity contribution in [3.8, 4) is 0 Å². The van der Waals surface area contributed by atoms with Crippen LogP contribution in [0.15, 0.2) is 0 Å². The number of rotatable bonds is 3. The fourth-order valence-corrected chi connectivity index (χ4v) is 3.64. The Morgan fingerprint density at radius 3 is 2.55 bits per heavy atom. The third-order valence-corrected chi connectivity index (χ3v) is 5.01. The van der Waals surface area contributed by atoms with Crippen LogP contribution in [0.3, 0.4) is 0 Å². The zero-order valence-electron chi connectivity index (χ0n) is 13.0. The van der Waals surface area contributed by atoms with Crippen LogP contribution in [0.1, 0.15) is 59.3 Å². The molecule has 4 unspecified atom stereocenters. The lowest BCUT2D eigenvalue weighted by molar-refractivity contribution is -0.134. The molecule has 2 N–H and O–H groups in total. The van der Waals surface area contributed by atoms with Gasteiger partial charge in [-0.2, -0.15) is 0 Å². The average molecular weight is 283 g/mol. The highest BCUT2D eigenvalue weighted by molar-refractivity contribution is 5.78. The molecule has 4 nitrogen and oxygen atoms in total. The van der Waals surface area contributed by atoms with Crippen LogP contribution < -0.4 is 5.32 Å². The summed E-state index contributed by atoms with van der Waals surface area (Å²) in [5.74, 6) is 0.184. The van der Waals surface area contributed by atoms with Crippen molar-refractivity contribution in [2.24, 2.45) is 11.3 Å². The average Bonchev–Trinajstić information content (AvgIpc) is 2.39. The van der Waals surface area contributed by atoms with Crippen molar-refractivity contribution in [1.82, 2.24) is 5.32 Å². The number of aliphatic hydroxyl groups is 1. The summed E-state index contributed by atoms with van der Waals surface area (Å²) in [7, 11) is 0. The second kappa shape index (κ2) is 6.44. The maximum Gasteiger partial charge on any atom is 0.223 e. The van der Waals surface area contributed by atoms with Gasteiger partial charge in [-0.1, -0.05) is 19.8 Å². The van der Waals surface area contributed by atoms with Crippen molar-refractivity contribution in [2.45, 2.75) is 77.6 Å². The summed E-state index contributed by atoms with van der Waals surface area (Å²) in [5, 5.41) is 13.2. The fraction of sp³-hybridized carbons (Fsp3) is 0.938. The number of ether oxygens (including phenoxy) is 1. The Hall–Kier alpha value is -0.610. The van der Waals surface area contributed by atoms with Gasteiger partial charge >= 0.3 is 0 Å². The molecule has 1 saturated carbocycles. The van der Waals surface area contributed by atoms with E-state index in [2.05, 4.69) is 12.2 Å². The van der Waals surface area contributed by atoms with Crippen LogP contribution in [-0.2, 0) is 9.53 Å². The molecule has 1 amide bonds. The third-order valence-electron chi connectivity index (χ3n) is 5.01. The van der Waals surface area contributed by atoms with Crippen LogP contribution in [0.4, 0.5) is 0 Å². The van der Waals surface area contributed by atoms with Crippen molar-refractivity contribution in [1.29, 1.82) is 0 Å². The maximum atomic E-state index is 12.3. The second-order valence-corrected chi connectivity index (χ2v) is 7.06. The lowest BCUT2D eigenvalue weighted by atomic mass is 9.73. The first kappa shape index (κ1) is 15.8. The molecule has 4 heteroatoms. The predicted molar refractivity (Wildman–Crippen MR) is 78.3 cm³/mol. The Kier molecular flexibility index (Phi) is 5.08. The van der Waals surface area contributed by atoms with E-state index in [1.54, 1.807) is 0 Å². The SMILES string of the molecule is CC1CC(C(=O)NCC2(C)CCCCC2O)CC(C)O1. The smallest absolute Gasteiger partial charge is 0.223 e. The molecule has 1 heterocycles. The minimum Gasteiger partial charge on any atom is -0.392 e.